The Balaban J connectivity index is 2.39. The number of hydrogen-bond donors (Lipinski definition) is 3. The van der Waals surface area contributed by atoms with Gasteiger partial charge in [-0.15, -0.1) is 0 Å². The molecule has 3 N–H and O–H groups in total. The standard InChI is InChI=1S/C13H18N2O3/c1-9(11-6-4-3-5-7-11)15-12(16)8-14-10(2)13(17)18/h3-7,9-10,14H,8H2,1-2H3,(H,15,16)(H,17,18)/t9?,10-/m0/s1. The van der Waals surface area contributed by atoms with Gasteiger partial charge in [0.1, 0.15) is 6.04 Å². The van der Waals surface area contributed by atoms with Crippen molar-refractivity contribution >= 4 is 11.9 Å². The number of benzene rings is 1. The van der Waals surface area contributed by atoms with E-state index in [1.54, 1.807) is 0 Å². The molecule has 5 heteroatoms. The number of amides is 1. The van der Waals surface area contributed by atoms with Gasteiger partial charge in [-0.3, -0.25) is 14.9 Å². The third kappa shape index (κ3) is 4.55. The van der Waals surface area contributed by atoms with Gasteiger partial charge in [-0.2, -0.15) is 0 Å². The van der Waals surface area contributed by atoms with E-state index in [9.17, 15) is 9.59 Å². The monoisotopic (exact) mass is 250 g/mol. The van der Waals surface area contributed by atoms with Crippen molar-refractivity contribution in [2.24, 2.45) is 0 Å². The fourth-order valence-corrected chi connectivity index (χ4v) is 1.45. The van der Waals surface area contributed by atoms with Gasteiger partial charge in [0.25, 0.3) is 0 Å². The molecule has 1 rings (SSSR count). The zero-order valence-corrected chi connectivity index (χ0v) is 10.5. The van der Waals surface area contributed by atoms with Gasteiger partial charge in [0.05, 0.1) is 12.6 Å². The second-order valence-corrected chi connectivity index (χ2v) is 4.14. The lowest BCUT2D eigenvalue weighted by Gasteiger charge is -2.15. The van der Waals surface area contributed by atoms with Crippen molar-refractivity contribution in [2.45, 2.75) is 25.9 Å². The number of carbonyl (C=O) groups excluding carboxylic acids is 1. The van der Waals surface area contributed by atoms with Crippen LogP contribution in [0.4, 0.5) is 0 Å². The number of rotatable bonds is 6. The van der Waals surface area contributed by atoms with E-state index in [2.05, 4.69) is 10.6 Å². The van der Waals surface area contributed by atoms with Crippen LogP contribution >= 0.6 is 0 Å². The molecule has 1 unspecified atom stereocenters. The zero-order valence-electron chi connectivity index (χ0n) is 10.5. The Morgan fingerprint density at radius 1 is 1.22 bits per heavy atom. The van der Waals surface area contributed by atoms with Crippen LogP contribution < -0.4 is 10.6 Å². The maximum atomic E-state index is 11.6. The Morgan fingerprint density at radius 2 is 1.83 bits per heavy atom. The second-order valence-electron chi connectivity index (χ2n) is 4.14. The Morgan fingerprint density at radius 3 is 2.39 bits per heavy atom. The SMILES string of the molecule is CC(NC(=O)CN[C@@H](C)C(=O)O)c1ccccc1. The minimum atomic E-state index is -0.973. The second kappa shape index (κ2) is 6.76. The summed E-state index contributed by atoms with van der Waals surface area (Å²) in [6, 6.07) is 8.75. The Bertz CT molecular complexity index is 406. The molecule has 18 heavy (non-hydrogen) atoms. The number of carboxylic acids is 1. The zero-order chi connectivity index (χ0) is 13.5. The lowest BCUT2D eigenvalue weighted by molar-refractivity contribution is -0.139. The first-order chi connectivity index (χ1) is 8.50. The van der Waals surface area contributed by atoms with E-state index in [0.29, 0.717) is 0 Å². The van der Waals surface area contributed by atoms with Crippen LogP contribution in [-0.2, 0) is 9.59 Å². The van der Waals surface area contributed by atoms with Gasteiger partial charge in [0.15, 0.2) is 0 Å². The molecule has 2 atom stereocenters. The van der Waals surface area contributed by atoms with Crippen LogP contribution in [0.15, 0.2) is 30.3 Å². The Kier molecular flexibility index (Phi) is 5.32. The third-order valence-electron chi connectivity index (χ3n) is 2.62. The third-order valence-corrected chi connectivity index (χ3v) is 2.62. The summed E-state index contributed by atoms with van der Waals surface area (Å²) in [5.41, 5.74) is 1.01. The molecule has 0 aliphatic rings. The van der Waals surface area contributed by atoms with E-state index in [4.69, 9.17) is 5.11 Å². The van der Waals surface area contributed by atoms with E-state index in [1.165, 1.54) is 6.92 Å². The van der Waals surface area contributed by atoms with Crippen molar-refractivity contribution in [3.63, 3.8) is 0 Å². The summed E-state index contributed by atoms with van der Waals surface area (Å²) < 4.78 is 0. The molecule has 0 radical (unpaired) electrons. The Hall–Kier alpha value is -1.88. The summed E-state index contributed by atoms with van der Waals surface area (Å²) in [6.45, 7) is 3.37. The van der Waals surface area contributed by atoms with E-state index in [1.807, 2.05) is 37.3 Å². The van der Waals surface area contributed by atoms with Crippen LogP contribution in [0.3, 0.4) is 0 Å². The Labute approximate surface area is 106 Å². The van der Waals surface area contributed by atoms with Gasteiger partial charge >= 0.3 is 5.97 Å². The van der Waals surface area contributed by atoms with Gasteiger partial charge in [-0.05, 0) is 19.4 Å². The molecule has 1 aromatic carbocycles. The highest BCUT2D eigenvalue weighted by molar-refractivity contribution is 5.80. The van der Waals surface area contributed by atoms with Crippen LogP contribution in [-0.4, -0.2) is 29.6 Å². The van der Waals surface area contributed by atoms with Crippen molar-refractivity contribution in [1.82, 2.24) is 10.6 Å². The number of aliphatic carboxylic acids is 1. The highest BCUT2D eigenvalue weighted by Gasteiger charge is 2.13. The molecule has 0 saturated heterocycles. The summed E-state index contributed by atoms with van der Waals surface area (Å²) >= 11 is 0. The number of hydrogen-bond acceptors (Lipinski definition) is 3. The molecule has 0 aromatic heterocycles. The van der Waals surface area contributed by atoms with Gasteiger partial charge in [0, 0.05) is 0 Å². The topological polar surface area (TPSA) is 78.4 Å². The van der Waals surface area contributed by atoms with Crippen LogP contribution in [0.25, 0.3) is 0 Å². The molecule has 5 nitrogen and oxygen atoms in total. The summed E-state index contributed by atoms with van der Waals surface area (Å²) in [5, 5.41) is 14.1. The van der Waals surface area contributed by atoms with E-state index < -0.39 is 12.0 Å². The van der Waals surface area contributed by atoms with Crippen molar-refractivity contribution in [1.29, 1.82) is 0 Å². The average Bonchev–Trinajstić information content (AvgIpc) is 2.36. The average molecular weight is 250 g/mol. The largest absolute Gasteiger partial charge is 0.480 e. The van der Waals surface area contributed by atoms with Gasteiger partial charge in [-0.25, -0.2) is 0 Å². The molecule has 0 aliphatic heterocycles. The minimum absolute atomic E-state index is 0.00929. The molecule has 0 fully saturated rings. The quantitative estimate of drug-likeness (QED) is 0.701. The first-order valence-electron chi connectivity index (χ1n) is 5.81. The minimum Gasteiger partial charge on any atom is -0.480 e. The predicted octanol–water partition coefficient (Wildman–Crippen LogP) is 0.926. The number of carboxylic acid groups (broad SMARTS) is 1. The van der Waals surface area contributed by atoms with Crippen LogP contribution in [0.1, 0.15) is 25.5 Å². The van der Waals surface area contributed by atoms with Crippen LogP contribution in [0, 0.1) is 0 Å². The highest BCUT2D eigenvalue weighted by atomic mass is 16.4. The molecule has 0 saturated carbocycles. The van der Waals surface area contributed by atoms with Crippen molar-refractivity contribution in [3.05, 3.63) is 35.9 Å². The molecule has 0 spiro atoms. The smallest absolute Gasteiger partial charge is 0.320 e. The lowest BCUT2D eigenvalue weighted by atomic mass is 10.1. The summed E-state index contributed by atoms with van der Waals surface area (Å²) in [4.78, 5) is 22.1. The van der Waals surface area contributed by atoms with Crippen molar-refractivity contribution < 1.29 is 14.7 Å². The predicted molar refractivity (Wildman–Crippen MR) is 68.1 cm³/mol. The maximum Gasteiger partial charge on any atom is 0.320 e. The number of nitrogens with one attached hydrogen (secondary N) is 2. The van der Waals surface area contributed by atoms with Gasteiger partial charge in [0.2, 0.25) is 5.91 Å². The van der Waals surface area contributed by atoms with Crippen molar-refractivity contribution in [2.75, 3.05) is 6.54 Å². The van der Waals surface area contributed by atoms with Crippen LogP contribution in [0.2, 0.25) is 0 Å². The van der Waals surface area contributed by atoms with Gasteiger partial charge in [-0.1, -0.05) is 30.3 Å². The van der Waals surface area contributed by atoms with E-state index in [-0.39, 0.29) is 18.5 Å². The molecule has 0 bridgehead atoms. The van der Waals surface area contributed by atoms with Crippen molar-refractivity contribution in [3.8, 4) is 0 Å². The molecule has 98 valence electrons. The normalized spacial score (nSPS) is 13.7. The van der Waals surface area contributed by atoms with Crippen LogP contribution in [0.5, 0.6) is 0 Å². The molecule has 0 heterocycles. The fourth-order valence-electron chi connectivity index (χ4n) is 1.45. The van der Waals surface area contributed by atoms with E-state index in [0.717, 1.165) is 5.56 Å². The molecular formula is C13H18N2O3. The fraction of sp³-hybridized carbons (Fsp3) is 0.385. The summed E-state index contributed by atoms with van der Waals surface area (Å²) in [7, 11) is 0. The first kappa shape index (κ1) is 14.2. The molecule has 1 aromatic rings. The molecule has 1 amide bonds. The van der Waals surface area contributed by atoms with Gasteiger partial charge < -0.3 is 10.4 Å². The summed E-state index contributed by atoms with van der Waals surface area (Å²) in [5.74, 6) is -1.20. The lowest BCUT2D eigenvalue weighted by Crippen LogP contribution is -2.42. The highest BCUT2D eigenvalue weighted by Crippen LogP contribution is 2.10. The molecular weight excluding hydrogens is 232 g/mol. The van der Waals surface area contributed by atoms with E-state index >= 15 is 0 Å². The maximum absolute atomic E-state index is 11.6. The number of carbonyl (C=O) groups is 2. The molecule has 0 aliphatic carbocycles. The first-order valence-corrected chi connectivity index (χ1v) is 5.81. The summed E-state index contributed by atoms with van der Waals surface area (Å²) in [6.07, 6.45) is 0.